The average molecular weight is 412 g/mol. The van der Waals surface area contributed by atoms with Gasteiger partial charge >= 0.3 is 0 Å². The minimum atomic E-state index is -0.407. The number of hydrogen-bond acceptors (Lipinski definition) is 5. The number of rotatable bonds is 4. The number of para-hydroxylation sites is 1. The summed E-state index contributed by atoms with van der Waals surface area (Å²) in [6, 6.07) is 25.4. The molecule has 0 bridgehead atoms. The van der Waals surface area contributed by atoms with E-state index in [4.69, 9.17) is 4.42 Å². The molecular weight excluding hydrogens is 388 g/mol. The van der Waals surface area contributed by atoms with Crippen LogP contribution < -0.4 is 10.3 Å². The summed E-state index contributed by atoms with van der Waals surface area (Å²) in [6.07, 6.45) is 0. The Morgan fingerprint density at radius 2 is 1.48 bits per heavy atom. The molecule has 1 aromatic heterocycles. The van der Waals surface area contributed by atoms with Gasteiger partial charge in [-0.1, -0.05) is 42.5 Å². The minimum Gasteiger partial charge on any atom is -0.502 e. The van der Waals surface area contributed by atoms with Crippen molar-refractivity contribution in [1.82, 2.24) is 4.90 Å². The highest BCUT2D eigenvalue weighted by molar-refractivity contribution is 5.81. The van der Waals surface area contributed by atoms with E-state index in [0.717, 1.165) is 38.4 Å². The molecule has 5 nitrogen and oxygen atoms in total. The molecule has 0 saturated carbocycles. The zero-order valence-electron chi connectivity index (χ0n) is 17.2. The average Bonchev–Trinajstić information content (AvgIpc) is 2.83. The molecule has 3 aromatic carbocycles. The first kappa shape index (κ1) is 19.4. The molecule has 31 heavy (non-hydrogen) atoms. The predicted octanol–water partition coefficient (Wildman–Crippen LogP) is 4.49. The molecule has 2 heterocycles. The van der Waals surface area contributed by atoms with Gasteiger partial charge in [0.2, 0.25) is 11.2 Å². The van der Waals surface area contributed by atoms with Crippen molar-refractivity contribution in [3.05, 3.63) is 94.6 Å². The second-order valence-corrected chi connectivity index (χ2v) is 7.90. The lowest BCUT2D eigenvalue weighted by Gasteiger charge is -2.36. The number of aromatic hydroxyl groups is 1. The van der Waals surface area contributed by atoms with E-state index >= 15 is 0 Å². The van der Waals surface area contributed by atoms with E-state index in [2.05, 4.69) is 34.1 Å². The van der Waals surface area contributed by atoms with Crippen LogP contribution in [0.2, 0.25) is 0 Å². The van der Waals surface area contributed by atoms with Gasteiger partial charge in [-0.2, -0.15) is 0 Å². The third-order valence-corrected chi connectivity index (χ3v) is 5.89. The van der Waals surface area contributed by atoms with Crippen LogP contribution >= 0.6 is 0 Å². The van der Waals surface area contributed by atoms with Gasteiger partial charge in [-0.05, 0) is 42.0 Å². The van der Waals surface area contributed by atoms with Gasteiger partial charge in [0.15, 0.2) is 5.76 Å². The quantitative estimate of drug-likeness (QED) is 0.535. The fourth-order valence-electron chi connectivity index (χ4n) is 4.16. The summed E-state index contributed by atoms with van der Waals surface area (Å²) in [5, 5.41) is 10.8. The molecule has 0 unspecified atom stereocenters. The highest BCUT2D eigenvalue weighted by Crippen LogP contribution is 2.31. The Balaban J connectivity index is 1.31. The second-order valence-electron chi connectivity index (χ2n) is 7.90. The molecule has 0 radical (unpaired) electrons. The first-order valence-electron chi connectivity index (χ1n) is 10.6. The summed E-state index contributed by atoms with van der Waals surface area (Å²) in [4.78, 5) is 17.3. The normalized spacial score (nSPS) is 14.8. The molecule has 5 heteroatoms. The van der Waals surface area contributed by atoms with E-state index in [-0.39, 0.29) is 11.5 Å². The molecule has 1 aliphatic rings. The molecule has 1 saturated heterocycles. The number of fused-ring (bicyclic) bond motifs is 1. The van der Waals surface area contributed by atoms with Crippen LogP contribution in [0, 0.1) is 0 Å². The van der Waals surface area contributed by atoms with Crippen molar-refractivity contribution in [3.63, 3.8) is 0 Å². The second kappa shape index (κ2) is 8.28. The van der Waals surface area contributed by atoms with Gasteiger partial charge in [-0.15, -0.1) is 0 Å². The summed E-state index contributed by atoms with van der Waals surface area (Å²) < 4.78 is 5.85. The van der Waals surface area contributed by atoms with Crippen molar-refractivity contribution in [2.75, 3.05) is 31.1 Å². The molecule has 0 aliphatic carbocycles. The van der Waals surface area contributed by atoms with Crippen LogP contribution in [0.1, 0.15) is 5.56 Å². The van der Waals surface area contributed by atoms with Crippen molar-refractivity contribution >= 4 is 16.7 Å². The van der Waals surface area contributed by atoms with Gasteiger partial charge in [-0.25, -0.2) is 0 Å². The van der Waals surface area contributed by atoms with E-state index in [0.29, 0.717) is 16.5 Å². The van der Waals surface area contributed by atoms with Crippen molar-refractivity contribution in [3.8, 4) is 17.1 Å². The van der Waals surface area contributed by atoms with Gasteiger partial charge in [0, 0.05) is 44.0 Å². The van der Waals surface area contributed by atoms with Gasteiger partial charge in [0.05, 0.1) is 5.39 Å². The Morgan fingerprint density at radius 3 is 2.23 bits per heavy atom. The third-order valence-electron chi connectivity index (χ3n) is 5.89. The van der Waals surface area contributed by atoms with Crippen LogP contribution in [-0.4, -0.2) is 36.2 Å². The van der Waals surface area contributed by atoms with Gasteiger partial charge in [-0.3, -0.25) is 9.69 Å². The van der Waals surface area contributed by atoms with Crippen LogP contribution in [0.5, 0.6) is 5.75 Å². The van der Waals surface area contributed by atoms with Gasteiger partial charge in [0.25, 0.3) is 0 Å². The Bertz CT molecular complexity index is 1240. The lowest BCUT2D eigenvalue weighted by atomic mass is 10.1. The smallest absolute Gasteiger partial charge is 0.235 e. The Morgan fingerprint density at radius 1 is 0.806 bits per heavy atom. The molecule has 1 N–H and O–H groups in total. The predicted molar refractivity (Wildman–Crippen MR) is 124 cm³/mol. The van der Waals surface area contributed by atoms with Crippen LogP contribution in [0.3, 0.4) is 0 Å². The molecule has 5 rings (SSSR count). The maximum Gasteiger partial charge on any atom is 0.235 e. The molecule has 0 amide bonds. The lowest BCUT2D eigenvalue weighted by molar-refractivity contribution is 0.250. The summed E-state index contributed by atoms with van der Waals surface area (Å²) in [5.74, 6) is -0.135. The fraction of sp³-hybridized carbons (Fsp3) is 0.192. The maximum absolute atomic E-state index is 12.5. The largest absolute Gasteiger partial charge is 0.502 e. The van der Waals surface area contributed by atoms with Crippen molar-refractivity contribution < 1.29 is 9.52 Å². The Kier molecular flexibility index (Phi) is 5.18. The van der Waals surface area contributed by atoms with E-state index in [1.807, 2.05) is 36.4 Å². The van der Waals surface area contributed by atoms with Crippen LogP contribution in [0.15, 0.2) is 88.1 Å². The van der Waals surface area contributed by atoms with Crippen molar-refractivity contribution in [2.45, 2.75) is 6.54 Å². The maximum atomic E-state index is 12.5. The Hall–Kier alpha value is -3.57. The number of piperazine rings is 1. The monoisotopic (exact) mass is 412 g/mol. The SMILES string of the molecule is O=c1c(O)c(-c2ccc(N3CCN(Cc4ccccc4)CC3)cc2)oc2ccccc12. The number of benzene rings is 3. The van der Waals surface area contributed by atoms with Crippen LogP contribution in [-0.2, 0) is 6.54 Å². The molecule has 0 spiro atoms. The summed E-state index contributed by atoms with van der Waals surface area (Å²) in [5.41, 5.74) is 3.23. The Labute approximate surface area is 180 Å². The molecule has 1 aliphatic heterocycles. The zero-order valence-corrected chi connectivity index (χ0v) is 17.2. The number of anilines is 1. The van der Waals surface area contributed by atoms with E-state index < -0.39 is 5.43 Å². The molecule has 1 fully saturated rings. The highest BCUT2D eigenvalue weighted by atomic mass is 16.4. The van der Waals surface area contributed by atoms with Crippen molar-refractivity contribution in [1.29, 1.82) is 0 Å². The topological polar surface area (TPSA) is 56.9 Å². The van der Waals surface area contributed by atoms with E-state index in [9.17, 15) is 9.90 Å². The first-order chi connectivity index (χ1) is 15.2. The van der Waals surface area contributed by atoms with Gasteiger partial charge in [0.1, 0.15) is 5.58 Å². The summed E-state index contributed by atoms with van der Waals surface area (Å²) in [7, 11) is 0. The van der Waals surface area contributed by atoms with E-state index in [1.165, 1.54) is 5.56 Å². The zero-order chi connectivity index (χ0) is 21.2. The third kappa shape index (κ3) is 3.92. The van der Waals surface area contributed by atoms with E-state index in [1.54, 1.807) is 18.2 Å². The molecule has 4 aromatic rings. The molecule has 0 atom stereocenters. The summed E-state index contributed by atoms with van der Waals surface area (Å²) in [6.45, 7) is 4.92. The lowest BCUT2D eigenvalue weighted by Crippen LogP contribution is -2.45. The number of hydrogen-bond donors (Lipinski definition) is 1. The highest BCUT2D eigenvalue weighted by Gasteiger charge is 2.19. The van der Waals surface area contributed by atoms with Crippen molar-refractivity contribution in [2.24, 2.45) is 0 Å². The van der Waals surface area contributed by atoms with Crippen LogP contribution in [0.4, 0.5) is 5.69 Å². The minimum absolute atomic E-state index is 0.211. The molecular formula is C26H24N2O3. The number of nitrogens with zero attached hydrogens (tertiary/aromatic N) is 2. The molecule has 156 valence electrons. The van der Waals surface area contributed by atoms with Crippen LogP contribution in [0.25, 0.3) is 22.3 Å². The summed E-state index contributed by atoms with van der Waals surface area (Å²) >= 11 is 0. The van der Waals surface area contributed by atoms with Gasteiger partial charge < -0.3 is 14.4 Å². The standard InChI is InChI=1S/C26H24N2O3/c29-24-22-8-4-5-9-23(22)31-26(25(24)30)20-10-12-21(13-11-20)28-16-14-27(15-17-28)18-19-6-2-1-3-7-19/h1-13,30H,14-18H2. The first-order valence-corrected chi connectivity index (χ1v) is 10.6. The fourth-order valence-corrected chi connectivity index (χ4v) is 4.16.